The van der Waals surface area contributed by atoms with Gasteiger partial charge in [-0.1, -0.05) is 11.3 Å². The van der Waals surface area contributed by atoms with E-state index in [4.69, 9.17) is 14.5 Å². The van der Waals surface area contributed by atoms with E-state index in [1.54, 1.807) is 11.3 Å². The third kappa shape index (κ3) is 2.31. The van der Waals surface area contributed by atoms with Crippen molar-refractivity contribution in [2.24, 2.45) is 5.92 Å². The minimum Gasteiger partial charge on any atom is -0.494 e. The van der Waals surface area contributed by atoms with Crippen molar-refractivity contribution >= 4 is 26.7 Å². The molecule has 5 nitrogen and oxygen atoms in total. The van der Waals surface area contributed by atoms with Crippen molar-refractivity contribution in [3.8, 4) is 5.75 Å². The number of thiazole rings is 1. The molecule has 4 aliphatic rings. The lowest BCUT2D eigenvalue weighted by Gasteiger charge is -2.50. The van der Waals surface area contributed by atoms with Gasteiger partial charge in [-0.2, -0.15) is 0 Å². The molecule has 2 bridgehead atoms. The lowest BCUT2D eigenvalue weighted by atomic mass is 9.75. The fraction of sp³-hybridized carbons (Fsp3) is 0.611. The third-order valence-electron chi connectivity index (χ3n) is 5.72. The molecule has 6 rings (SSSR count). The first-order valence-electron chi connectivity index (χ1n) is 8.90. The molecule has 1 aromatic heterocycles. The van der Waals surface area contributed by atoms with Gasteiger partial charge in [0.05, 0.1) is 23.4 Å². The van der Waals surface area contributed by atoms with Gasteiger partial charge in [-0.25, -0.2) is 4.98 Å². The Morgan fingerprint density at radius 2 is 2.21 bits per heavy atom. The predicted octanol–water partition coefficient (Wildman–Crippen LogP) is 2.95. The number of piperidine rings is 3. The van der Waals surface area contributed by atoms with E-state index in [1.807, 2.05) is 13.0 Å². The number of hydrogen-bond donors (Lipinski definition) is 0. The minimum absolute atomic E-state index is 0.0326. The molecule has 4 fully saturated rings. The quantitative estimate of drug-likeness (QED) is 0.855. The number of aromatic nitrogens is 1. The van der Waals surface area contributed by atoms with Crippen LogP contribution >= 0.6 is 11.3 Å². The van der Waals surface area contributed by atoms with Gasteiger partial charge in [0.25, 0.3) is 0 Å². The lowest BCUT2D eigenvalue weighted by molar-refractivity contribution is -0.116. The molecule has 2 aromatic rings. The van der Waals surface area contributed by atoms with E-state index in [9.17, 15) is 0 Å². The largest absolute Gasteiger partial charge is 0.494 e. The second kappa shape index (κ2) is 5.58. The molecule has 0 aliphatic carbocycles. The average molecular weight is 345 g/mol. The summed E-state index contributed by atoms with van der Waals surface area (Å²) in [6, 6.07) is 6.16. The predicted molar refractivity (Wildman–Crippen MR) is 96.0 cm³/mol. The number of benzene rings is 1. The monoisotopic (exact) mass is 345 g/mol. The van der Waals surface area contributed by atoms with Crippen molar-refractivity contribution in [2.75, 3.05) is 44.4 Å². The number of hydrogen-bond acceptors (Lipinski definition) is 6. The second-order valence-electron chi connectivity index (χ2n) is 7.15. The second-order valence-corrected chi connectivity index (χ2v) is 8.15. The van der Waals surface area contributed by atoms with Crippen LogP contribution in [0.15, 0.2) is 18.2 Å². The van der Waals surface area contributed by atoms with Crippen LogP contribution in [-0.2, 0) is 4.74 Å². The van der Waals surface area contributed by atoms with Crippen molar-refractivity contribution < 1.29 is 9.47 Å². The van der Waals surface area contributed by atoms with Crippen molar-refractivity contribution in [1.29, 1.82) is 0 Å². The standard InChI is InChI=1S/C18H23N3O2S/c1-2-22-14-3-4-15-16(9-14)24-17(19-15)21-11-18(23-12-21)10-20-7-5-13(18)6-8-20/h3-4,9,13H,2,5-8,10-12H2,1H3. The molecule has 0 radical (unpaired) electrons. The summed E-state index contributed by atoms with van der Waals surface area (Å²) in [5.41, 5.74) is 1.08. The van der Waals surface area contributed by atoms with Gasteiger partial charge in [-0.3, -0.25) is 0 Å². The number of fused-ring (bicyclic) bond motifs is 3. The van der Waals surface area contributed by atoms with Crippen LogP contribution < -0.4 is 9.64 Å². The zero-order chi connectivity index (χ0) is 16.1. The zero-order valence-electron chi connectivity index (χ0n) is 14.0. The van der Waals surface area contributed by atoms with Gasteiger partial charge in [0.1, 0.15) is 18.1 Å². The number of anilines is 1. The van der Waals surface area contributed by atoms with Gasteiger partial charge >= 0.3 is 0 Å². The van der Waals surface area contributed by atoms with Crippen LogP contribution in [0.3, 0.4) is 0 Å². The molecule has 1 aromatic carbocycles. The molecule has 0 saturated carbocycles. The summed E-state index contributed by atoms with van der Waals surface area (Å²) in [5, 5.41) is 1.08. The van der Waals surface area contributed by atoms with Crippen LogP contribution in [0.2, 0.25) is 0 Å². The maximum absolute atomic E-state index is 6.37. The van der Waals surface area contributed by atoms with E-state index in [-0.39, 0.29) is 5.60 Å². The zero-order valence-corrected chi connectivity index (χ0v) is 14.8. The van der Waals surface area contributed by atoms with E-state index in [0.717, 1.165) is 29.5 Å². The van der Waals surface area contributed by atoms with Crippen LogP contribution in [-0.4, -0.2) is 55.0 Å². The molecule has 128 valence electrons. The van der Waals surface area contributed by atoms with Gasteiger partial charge in [0.15, 0.2) is 5.13 Å². The van der Waals surface area contributed by atoms with Crippen LogP contribution in [0, 0.1) is 5.92 Å². The fourth-order valence-electron chi connectivity index (χ4n) is 4.50. The Kier molecular flexibility index (Phi) is 3.47. The SMILES string of the molecule is CCOc1ccc2nc(N3COC4(CN5CCC4CC5)C3)sc2c1. The third-order valence-corrected chi connectivity index (χ3v) is 6.80. The molecule has 0 amide bonds. The first-order valence-corrected chi connectivity index (χ1v) is 9.72. The lowest BCUT2D eigenvalue weighted by Crippen LogP contribution is -2.61. The van der Waals surface area contributed by atoms with Crippen molar-refractivity contribution in [2.45, 2.75) is 25.4 Å². The van der Waals surface area contributed by atoms with Gasteiger partial charge in [-0.15, -0.1) is 0 Å². The van der Waals surface area contributed by atoms with Crippen molar-refractivity contribution in [3.05, 3.63) is 18.2 Å². The summed E-state index contributed by atoms with van der Waals surface area (Å²) in [6.07, 6.45) is 2.57. The van der Waals surface area contributed by atoms with Gasteiger partial charge in [0, 0.05) is 6.54 Å². The molecule has 4 aliphatic heterocycles. The Labute approximate surface area is 146 Å². The van der Waals surface area contributed by atoms with E-state index < -0.39 is 0 Å². The van der Waals surface area contributed by atoms with Gasteiger partial charge in [0.2, 0.25) is 0 Å². The molecule has 6 heteroatoms. The molecular formula is C18H23N3O2S. The van der Waals surface area contributed by atoms with Crippen molar-refractivity contribution in [1.82, 2.24) is 9.88 Å². The van der Waals surface area contributed by atoms with Gasteiger partial charge in [-0.05, 0) is 57.0 Å². The van der Waals surface area contributed by atoms with E-state index in [2.05, 4.69) is 21.9 Å². The van der Waals surface area contributed by atoms with E-state index in [1.165, 1.54) is 30.6 Å². The molecule has 1 spiro atoms. The summed E-state index contributed by atoms with van der Waals surface area (Å²) < 4.78 is 13.2. The van der Waals surface area contributed by atoms with Crippen LogP contribution in [0.1, 0.15) is 19.8 Å². The minimum atomic E-state index is 0.0326. The number of nitrogens with zero attached hydrogens (tertiary/aromatic N) is 3. The molecule has 1 atom stereocenters. The first-order chi connectivity index (χ1) is 11.8. The fourth-order valence-corrected chi connectivity index (χ4v) is 5.48. The maximum Gasteiger partial charge on any atom is 0.188 e. The summed E-state index contributed by atoms with van der Waals surface area (Å²) in [4.78, 5) is 9.72. The van der Waals surface area contributed by atoms with E-state index >= 15 is 0 Å². The highest BCUT2D eigenvalue weighted by atomic mass is 32.1. The highest BCUT2D eigenvalue weighted by Gasteiger charge is 2.52. The van der Waals surface area contributed by atoms with Crippen molar-refractivity contribution in [3.63, 3.8) is 0 Å². The summed E-state index contributed by atoms with van der Waals surface area (Å²) in [5.74, 6) is 1.64. The molecule has 5 heterocycles. The first kappa shape index (κ1) is 14.9. The smallest absolute Gasteiger partial charge is 0.188 e. The normalized spacial score (nSPS) is 32.1. The average Bonchev–Trinajstić information content (AvgIpc) is 3.20. The Bertz CT molecular complexity index is 756. The van der Waals surface area contributed by atoms with Gasteiger partial charge < -0.3 is 19.3 Å². The van der Waals surface area contributed by atoms with Crippen LogP contribution in [0.4, 0.5) is 5.13 Å². The molecule has 24 heavy (non-hydrogen) atoms. The topological polar surface area (TPSA) is 37.8 Å². The Morgan fingerprint density at radius 1 is 1.33 bits per heavy atom. The Hall–Kier alpha value is -1.37. The summed E-state index contributed by atoms with van der Waals surface area (Å²) >= 11 is 1.74. The van der Waals surface area contributed by atoms with Crippen LogP contribution in [0.25, 0.3) is 10.2 Å². The Balaban J connectivity index is 1.40. The highest BCUT2D eigenvalue weighted by molar-refractivity contribution is 7.22. The summed E-state index contributed by atoms with van der Waals surface area (Å²) in [6.45, 7) is 7.94. The Morgan fingerprint density at radius 3 is 2.96 bits per heavy atom. The highest BCUT2D eigenvalue weighted by Crippen LogP contribution is 2.43. The molecular weight excluding hydrogens is 322 g/mol. The molecule has 0 N–H and O–H groups in total. The van der Waals surface area contributed by atoms with E-state index in [0.29, 0.717) is 19.3 Å². The van der Waals surface area contributed by atoms with Crippen LogP contribution in [0.5, 0.6) is 5.75 Å². The maximum atomic E-state index is 6.37. The summed E-state index contributed by atoms with van der Waals surface area (Å²) in [7, 11) is 0. The number of rotatable bonds is 3. The number of ether oxygens (including phenoxy) is 2. The molecule has 1 unspecified atom stereocenters. The molecule has 4 saturated heterocycles.